The number of hydrogen-bond donors (Lipinski definition) is 0. The molecule has 0 atom stereocenters. The topological polar surface area (TPSA) is 49.2 Å². The highest BCUT2D eigenvalue weighted by molar-refractivity contribution is 6.30. The summed E-state index contributed by atoms with van der Waals surface area (Å²) >= 11 is 6.25. The molecular formula is C22H20ClF2N3O2. The minimum atomic E-state index is -0.731. The van der Waals surface area contributed by atoms with E-state index in [-0.39, 0.29) is 5.82 Å². The number of aromatic nitrogens is 3. The van der Waals surface area contributed by atoms with Gasteiger partial charge >= 0.3 is 0 Å². The third-order valence-electron chi connectivity index (χ3n) is 6.10. The number of benzene rings is 2. The molecule has 2 aromatic carbocycles. The summed E-state index contributed by atoms with van der Waals surface area (Å²) in [6, 6.07) is 10.1. The summed E-state index contributed by atoms with van der Waals surface area (Å²) in [7, 11) is 1.56. The predicted octanol–water partition coefficient (Wildman–Crippen LogP) is 4.81. The summed E-state index contributed by atoms with van der Waals surface area (Å²) < 4.78 is 40.6. The van der Waals surface area contributed by atoms with Crippen molar-refractivity contribution >= 4 is 11.6 Å². The summed E-state index contributed by atoms with van der Waals surface area (Å²) in [5.74, 6) is 1.26. The number of alkyl halides is 1. The lowest BCUT2D eigenvalue weighted by Crippen LogP contribution is -2.49. The zero-order valence-corrected chi connectivity index (χ0v) is 17.3. The quantitative estimate of drug-likeness (QED) is 0.581. The Morgan fingerprint density at radius 3 is 2.70 bits per heavy atom. The van der Waals surface area contributed by atoms with E-state index in [4.69, 9.17) is 26.1 Å². The zero-order valence-electron chi connectivity index (χ0n) is 16.6. The van der Waals surface area contributed by atoms with Gasteiger partial charge < -0.3 is 9.47 Å². The molecule has 1 saturated carbocycles. The van der Waals surface area contributed by atoms with Crippen LogP contribution < -0.4 is 4.74 Å². The Bertz CT molecular complexity index is 1140. The number of aryl methyl sites for hydroxylation is 1. The van der Waals surface area contributed by atoms with Gasteiger partial charge in [0.25, 0.3) is 0 Å². The predicted molar refractivity (Wildman–Crippen MR) is 109 cm³/mol. The molecule has 2 saturated heterocycles. The van der Waals surface area contributed by atoms with Gasteiger partial charge in [-0.3, -0.25) is 0 Å². The molecule has 30 heavy (non-hydrogen) atoms. The third kappa shape index (κ3) is 2.83. The summed E-state index contributed by atoms with van der Waals surface area (Å²) in [6.07, 6.45) is 1.06. The van der Waals surface area contributed by atoms with Gasteiger partial charge in [-0.15, -0.1) is 5.10 Å². The van der Waals surface area contributed by atoms with Gasteiger partial charge in [-0.1, -0.05) is 23.7 Å². The number of fused-ring (bicyclic) bond motifs is 1. The van der Waals surface area contributed by atoms with E-state index in [9.17, 15) is 8.78 Å². The van der Waals surface area contributed by atoms with E-state index in [0.29, 0.717) is 58.7 Å². The molecule has 2 aliphatic heterocycles. The zero-order chi connectivity index (χ0) is 21.1. The fourth-order valence-corrected chi connectivity index (χ4v) is 4.71. The average Bonchev–Trinajstić information content (AvgIpc) is 3.41. The van der Waals surface area contributed by atoms with Gasteiger partial charge in [-0.2, -0.15) is 0 Å². The van der Waals surface area contributed by atoms with Crippen molar-refractivity contribution in [3.63, 3.8) is 0 Å². The van der Waals surface area contributed by atoms with Crippen LogP contribution in [-0.4, -0.2) is 40.8 Å². The number of nitrogens with zero attached hydrogens (tertiary/aromatic N) is 3. The molecule has 1 aliphatic carbocycles. The Morgan fingerprint density at radius 2 is 2.03 bits per heavy atom. The first-order valence-corrected chi connectivity index (χ1v) is 10.0. The van der Waals surface area contributed by atoms with Crippen LogP contribution in [0.25, 0.3) is 17.1 Å². The highest BCUT2D eigenvalue weighted by atomic mass is 35.5. The second-order valence-electron chi connectivity index (χ2n) is 8.19. The van der Waals surface area contributed by atoms with Crippen LogP contribution in [0.2, 0.25) is 5.02 Å². The van der Waals surface area contributed by atoms with Crippen LogP contribution in [0.1, 0.15) is 24.2 Å². The molecular weight excluding hydrogens is 412 g/mol. The summed E-state index contributed by atoms with van der Waals surface area (Å²) in [5.41, 5.74) is 0.541. The monoisotopic (exact) mass is 431 g/mol. The van der Waals surface area contributed by atoms with E-state index in [2.05, 4.69) is 5.10 Å². The number of hydrogen-bond acceptors (Lipinski definition) is 4. The Morgan fingerprint density at radius 1 is 1.23 bits per heavy atom. The Labute approximate surface area is 177 Å². The van der Waals surface area contributed by atoms with Crippen molar-refractivity contribution in [1.29, 1.82) is 0 Å². The van der Waals surface area contributed by atoms with Crippen molar-refractivity contribution < 1.29 is 18.3 Å². The highest BCUT2D eigenvalue weighted by Gasteiger charge is 2.65. The normalized spacial score (nSPS) is 24.7. The van der Waals surface area contributed by atoms with Crippen LogP contribution in [0.15, 0.2) is 36.4 Å². The van der Waals surface area contributed by atoms with Crippen molar-refractivity contribution in [2.75, 3.05) is 20.4 Å². The molecule has 0 unspecified atom stereocenters. The van der Waals surface area contributed by atoms with E-state index in [0.717, 1.165) is 0 Å². The second-order valence-corrected chi connectivity index (χ2v) is 8.63. The second kappa shape index (κ2) is 6.75. The van der Waals surface area contributed by atoms with Crippen molar-refractivity contribution in [1.82, 2.24) is 14.8 Å². The van der Waals surface area contributed by atoms with Crippen molar-refractivity contribution in [3.8, 4) is 22.8 Å². The maximum Gasteiger partial charge on any atom is 0.181 e. The average molecular weight is 432 g/mol. The standard InChI is InChI=1S/C22H20ClF2N3O2/c1-13-3-4-14(7-16(13)25)19-26-20(21-9-22(10-21,11-24)30-12-21)28(27-19)17-8-15(23)5-6-18(17)29-2/h3-8H,9-12H2,1-2H3. The molecule has 2 bridgehead atoms. The largest absolute Gasteiger partial charge is 0.494 e. The molecule has 1 aromatic heterocycles. The minimum absolute atomic E-state index is 0.326. The molecule has 5 nitrogen and oxygen atoms in total. The molecule has 3 aromatic rings. The van der Waals surface area contributed by atoms with E-state index in [1.165, 1.54) is 6.07 Å². The van der Waals surface area contributed by atoms with E-state index in [1.54, 1.807) is 49.0 Å². The molecule has 3 fully saturated rings. The van der Waals surface area contributed by atoms with Gasteiger partial charge in [-0.05, 0) is 49.6 Å². The Kier molecular flexibility index (Phi) is 4.38. The first-order valence-electron chi connectivity index (χ1n) is 9.67. The lowest BCUT2D eigenvalue weighted by atomic mass is 9.62. The van der Waals surface area contributed by atoms with Crippen molar-refractivity contribution in [3.05, 3.63) is 58.6 Å². The molecule has 0 spiro atoms. The summed E-state index contributed by atoms with van der Waals surface area (Å²) in [4.78, 5) is 4.77. The van der Waals surface area contributed by atoms with Crippen molar-refractivity contribution in [2.45, 2.75) is 30.8 Å². The van der Waals surface area contributed by atoms with Gasteiger partial charge in [0.05, 0.1) is 24.7 Å². The number of rotatable bonds is 5. The Balaban J connectivity index is 1.69. The smallest absolute Gasteiger partial charge is 0.181 e. The van der Waals surface area contributed by atoms with E-state index < -0.39 is 17.7 Å². The van der Waals surface area contributed by atoms with Crippen LogP contribution >= 0.6 is 11.6 Å². The van der Waals surface area contributed by atoms with Crippen LogP contribution in [0.5, 0.6) is 5.75 Å². The van der Waals surface area contributed by atoms with Crippen LogP contribution in [0, 0.1) is 12.7 Å². The fraction of sp³-hybridized carbons (Fsp3) is 0.364. The fourth-order valence-electron chi connectivity index (χ4n) is 4.54. The van der Waals surface area contributed by atoms with E-state index in [1.807, 2.05) is 0 Å². The van der Waals surface area contributed by atoms with Crippen LogP contribution in [0.3, 0.4) is 0 Å². The van der Waals surface area contributed by atoms with Gasteiger partial charge in [0.2, 0.25) is 0 Å². The SMILES string of the molecule is COc1ccc(Cl)cc1-n1nc(-c2ccc(C)c(F)c2)nc1C12COC(CF)(C1)C2. The van der Waals surface area contributed by atoms with Gasteiger partial charge in [0.1, 0.15) is 29.8 Å². The van der Waals surface area contributed by atoms with Gasteiger partial charge in [0.15, 0.2) is 5.82 Å². The summed E-state index contributed by atoms with van der Waals surface area (Å²) in [6.45, 7) is 1.53. The molecule has 8 heteroatoms. The van der Waals surface area contributed by atoms with Crippen molar-refractivity contribution in [2.24, 2.45) is 0 Å². The summed E-state index contributed by atoms with van der Waals surface area (Å²) in [5, 5.41) is 5.20. The number of halogens is 3. The number of methoxy groups -OCH3 is 1. The lowest BCUT2D eigenvalue weighted by Gasteiger charge is -2.42. The molecule has 156 valence electrons. The molecule has 3 heterocycles. The first-order chi connectivity index (χ1) is 14.4. The highest BCUT2D eigenvalue weighted by Crippen LogP contribution is 2.59. The van der Waals surface area contributed by atoms with Crippen LogP contribution in [-0.2, 0) is 10.2 Å². The van der Waals surface area contributed by atoms with Crippen LogP contribution in [0.4, 0.5) is 8.78 Å². The first kappa shape index (κ1) is 19.5. The maximum absolute atomic E-state index is 14.2. The number of ether oxygens (including phenoxy) is 2. The van der Waals surface area contributed by atoms with Gasteiger partial charge in [-0.25, -0.2) is 18.4 Å². The molecule has 3 aliphatic rings. The Hall–Kier alpha value is -2.51. The molecule has 0 amide bonds. The molecule has 0 radical (unpaired) electrons. The molecule has 6 rings (SSSR count). The van der Waals surface area contributed by atoms with Gasteiger partial charge in [0, 0.05) is 10.6 Å². The third-order valence-corrected chi connectivity index (χ3v) is 6.34. The minimum Gasteiger partial charge on any atom is -0.494 e. The maximum atomic E-state index is 14.2. The lowest BCUT2D eigenvalue weighted by molar-refractivity contribution is -0.0241. The molecule has 0 N–H and O–H groups in total. The van der Waals surface area contributed by atoms with E-state index >= 15 is 0 Å².